The number of carbonyl (C=O) groups excluding carboxylic acids is 1. The molecule has 3 unspecified atom stereocenters. The maximum atomic E-state index is 13.7. The second kappa shape index (κ2) is 9.22. The second-order valence-electron chi connectivity index (χ2n) is 9.19. The molecular weight excluding hydrogens is 432 g/mol. The van der Waals surface area contributed by atoms with E-state index >= 15 is 0 Å². The molecule has 1 aliphatic heterocycles. The van der Waals surface area contributed by atoms with Crippen LogP contribution in [0.5, 0.6) is 11.5 Å². The molecule has 4 aromatic carbocycles. The first-order valence-corrected chi connectivity index (χ1v) is 12.1. The van der Waals surface area contributed by atoms with Gasteiger partial charge in [0.25, 0.3) is 0 Å². The average Bonchev–Trinajstić information content (AvgIpc) is 3.07. The van der Waals surface area contributed by atoms with E-state index in [1.165, 1.54) is 5.56 Å². The highest BCUT2D eigenvalue weighted by atomic mass is 16.5. The fourth-order valence-electron chi connectivity index (χ4n) is 5.23. The van der Waals surface area contributed by atoms with Crippen LogP contribution in [0.3, 0.4) is 0 Å². The van der Waals surface area contributed by atoms with Crippen LogP contribution in [0, 0.1) is 5.92 Å². The van der Waals surface area contributed by atoms with E-state index in [4.69, 9.17) is 9.73 Å². The van der Waals surface area contributed by atoms with E-state index < -0.39 is 0 Å². The molecule has 1 aliphatic carbocycles. The highest BCUT2D eigenvalue weighted by Gasteiger charge is 2.41. The van der Waals surface area contributed by atoms with Gasteiger partial charge in [0.05, 0.1) is 23.3 Å². The van der Waals surface area contributed by atoms with Crippen molar-refractivity contribution in [1.82, 2.24) is 0 Å². The fourth-order valence-corrected chi connectivity index (χ4v) is 5.23. The Hall–Kier alpha value is -4.18. The molecule has 172 valence electrons. The zero-order valence-electron chi connectivity index (χ0n) is 19.3. The molecule has 0 bridgehead atoms. The molecule has 0 aromatic heterocycles. The molecule has 2 aliphatic rings. The molecule has 0 radical (unpaired) electrons. The number of ketones is 1. The van der Waals surface area contributed by atoms with E-state index in [0.29, 0.717) is 6.42 Å². The summed E-state index contributed by atoms with van der Waals surface area (Å²) < 4.78 is 6.11. The Morgan fingerprint density at radius 2 is 1.40 bits per heavy atom. The quantitative estimate of drug-likeness (QED) is 0.345. The number of hydrogen-bond acceptors (Lipinski definition) is 4. The van der Waals surface area contributed by atoms with Gasteiger partial charge in [-0.25, -0.2) is 0 Å². The molecule has 1 saturated carbocycles. The minimum absolute atomic E-state index is 0.150. The summed E-state index contributed by atoms with van der Waals surface area (Å²) in [6.45, 7) is 0. The van der Waals surface area contributed by atoms with Crippen LogP contribution in [0.2, 0.25) is 0 Å². The number of aliphatic imine (C=N–C) groups is 1. The zero-order chi connectivity index (χ0) is 23.6. The van der Waals surface area contributed by atoms with Crippen molar-refractivity contribution in [2.45, 2.75) is 24.8 Å². The van der Waals surface area contributed by atoms with Crippen LogP contribution < -0.4 is 10.1 Å². The highest BCUT2D eigenvalue weighted by molar-refractivity contribution is 6.10. The summed E-state index contributed by atoms with van der Waals surface area (Å²) in [5.41, 5.74) is 4.99. The zero-order valence-corrected chi connectivity index (χ0v) is 19.3. The van der Waals surface area contributed by atoms with E-state index in [9.17, 15) is 4.79 Å². The largest absolute Gasteiger partial charge is 0.457 e. The van der Waals surface area contributed by atoms with Crippen molar-refractivity contribution in [3.63, 3.8) is 0 Å². The van der Waals surface area contributed by atoms with E-state index in [0.717, 1.165) is 40.6 Å². The summed E-state index contributed by atoms with van der Waals surface area (Å²) in [5.74, 6) is 1.58. The Kier molecular flexibility index (Phi) is 5.63. The molecule has 3 atom stereocenters. The Bertz CT molecular complexity index is 1380. The average molecular weight is 459 g/mol. The standard InChI is InChI=1S/C31H26N2O2/c34-29-20-23(21-10-3-1-4-11-21)19-28-30(29)31(33-27-17-8-7-16-26(27)32-28)22-12-9-15-25(18-22)35-24-13-5-2-6-14-24/h1-18,23,30-31,33H,19-20H2. The summed E-state index contributed by atoms with van der Waals surface area (Å²) in [6, 6.07) is 35.9. The molecular formula is C31H26N2O2. The highest BCUT2D eigenvalue weighted by Crippen LogP contribution is 2.44. The first-order valence-electron chi connectivity index (χ1n) is 12.1. The Balaban J connectivity index is 1.39. The van der Waals surface area contributed by atoms with Gasteiger partial charge in [-0.15, -0.1) is 0 Å². The lowest BCUT2D eigenvalue weighted by Gasteiger charge is -2.34. The Labute approximate surface area is 205 Å². The maximum absolute atomic E-state index is 13.7. The van der Waals surface area contributed by atoms with Crippen LogP contribution in [-0.2, 0) is 4.79 Å². The minimum Gasteiger partial charge on any atom is -0.457 e. The third-order valence-electron chi connectivity index (χ3n) is 6.89. The van der Waals surface area contributed by atoms with Gasteiger partial charge < -0.3 is 10.1 Å². The first-order chi connectivity index (χ1) is 17.2. The number of Topliss-reactive ketones (excluding diaryl/α,β-unsaturated/α-hetero) is 1. The molecule has 4 aromatic rings. The van der Waals surface area contributed by atoms with Crippen LogP contribution >= 0.6 is 0 Å². The van der Waals surface area contributed by atoms with Gasteiger partial charge in [-0.2, -0.15) is 0 Å². The van der Waals surface area contributed by atoms with E-state index in [2.05, 4.69) is 23.5 Å². The van der Waals surface area contributed by atoms with Gasteiger partial charge in [0.15, 0.2) is 0 Å². The lowest BCUT2D eigenvalue weighted by atomic mass is 9.72. The van der Waals surface area contributed by atoms with Crippen molar-refractivity contribution in [3.8, 4) is 11.5 Å². The molecule has 4 heteroatoms. The maximum Gasteiger partial charge on any atom is 0.144 e. The number of fused-ring (bicyclic) bond motifs is 2. The van der Waals surface area contributed by atoms with Crippen LogP contribution in [0.1, 0.15) is 35.9 Å². The topological polar surface area (TPSA) is 50.7 Å². The van der Waals surface area contributed by atoms with Crippen LogP contribution in [-0.4, -0.2) is 11.5 Å². The van der Waals surface area contributed by atoms with Crippen molar-refractivity contribution in [1.29, 1.82) is 0 Å². The summed E-state index contributed by atoms with van der Waals surface area (Å²) >= 11 is 0. The molecule has 1 fully saturated rings. The summed E-state index contributed by atoms with van der Waals surface area (Å²) in [4.78, 5) is 18.8. The number of ether oxygens (including phenoxy) is 1. The Morgan fingerprint density at radius 3 is 2.23 bits per heavy atom. The summed E-state index contributed by atoms with van der Waals surface area (Å²) in [6.07, 6.45) is 1.29. The smallest absolute Gasteiger partial charge is 0.144 e. The predicted molar refractivity (Wildman–Crippen MR) is 140 cm³/mol. The monoisotopic (exact) mass is 458 g/mol. The lowest BCUT2D eigenvalue weighted by Crippen LogP contribution is -2.38. The number of nitrogens with one attached hydrogen (secondary N) is 1. The summed E-state index contributed by atoms with van der Waals surface area (Å²) in [7, 11) is 0. The Morgan fingerprint density at radius 1 is 0.714 bits per heavy atom. The third-order valence-corrected chi connectivity index (χ3v) is 6.89. The second-order valence-corrected chi connectivity index (χ2v) is 9.19. The number of nitrogens with zero attached hydrogens (tertiary/aromatic N) is 1. The van der Waals surface area contributed by atoms with Gasteiger partial charge in [-0.05, 0) is 59.9 Å². The fraction of sp³-hybridized carbons (Fsp3) is 0.161. The number of para-hydroxylation sites is 3. The number of anilines is 1. The van der Waals surface area contributed by atoms with Gasteiger partial charge in [-0.1, -0.05) is 72.8 Å². The van der Waals surface area contributed by atoms with Gasteiger partial charge in [-0.3, -0.25) is 9.79 Å². The number of hydrogen-bond donors (Lipinski definition) is 1. The predicted octanol–water partition coefficient (Wildman–Crippen LogP) is 7.48. The normalized spacial score (nSPS) is 21.1. The number of benzene rings is 4. The van der Waals surface area contributed by atoms with Crippen molar-refractivity contribution in [2.24, 2.45) is 10.9 Å². The van der Waals surface area contributed by atoms with Crippen molar-refractivity contribution in [2.75, 3.05) is 5.32 Å². The molecule has 1 heterocycles. The lowest BCUT2D eigenvalue weighted by molar-refractivity contribution is -0.122. The van der Waals surface area contributed by atoms with Crippen molar-refractivity contribution in [3.05, 3.63) is 120 Å². The van der Waals surface area contributed by atoms with Gasteiger partial charge in [0.2, 0.25) is 0 Å². The van der Waals surface area contributed by atoms with E-state index in [1.807, 2.05) is 91.0 Å². The molecule has 4 nitrogen and oxygen atoms in total. The van der Waals surface area contributed by atoms with E-state index in [1.54, 1.807) is 0 Å². The van der Waals surface area contributed by atoms with Gasteiger partial charge in [0, 0.05) is 12.1 Å². The molecule has 35 heavy (non-hydrogen) atoms. The van der Waals surface area contributed by atoms with Crippen LogP contribution in [0.15, 0.2) is 114 Å². The molecule has 0 spiro atoms. The molecule has 1 N–H and O–H groups in total. The number of carbonyl (C=O) groups is 1. The molecule has 0 amide bonds. The molecule has 0 saturated heterocycles. The van der Waals surface area contributed by atoms with E-state index in [-0.39, 0.29) is 23.7 Å². The number of rotatable bonds is 4. The van der Waals surface area contributed by atoms with Crippen LogP contribution in [0.25, 0.3) is 0 Å². The third kappa shape index (κ3) is 4.35. The minimum atomic E-state index is -0.325. The van der Waals surface area contributed by atoms with Crippen molar-refractivity contribution >= 4 is 22.9 Å². The summed E-state index contributed by atoms with van der Waals surface area (Å²) in [5, 5.41) is 3.66. The van der Waals surface area contributed by atoms with Gasteiger partial charge >= 0.3 is 0 Å². The van der Waals surface area contributed by atoms with Gasteiger partial charge in [0.1, 0.15) is 17.3 Å². The molecule has 6 rings (SSSR count). The van der Waals surface area contributed by atoms with Crippen molar-refractivity contribution < 1.29 is 9.53 Å². The first kappa shape index (κ1) is 21.4. The SMILES string of the molecule is O=C1CC(c2ccccc2)CC2=Nc3ccccc3NC(c3cccc(Oc4ccccc4)c3)C12. The van der Waals surface area contributed by atoms with Crippen LogP contribution in [0.4, 0.5) is 11.4 Å².